The molecular formula is C7H7ClFN. The molecule has 1 aromatic carbocycles. The van der Waals surface area contributed by atoms with Crippen molar-refractivity contribution in [1.29, 1.82) is 0 Å². The lowest BCUT2D eigenvalue weighted by Gasteiger charge is -1.99. The molecule has 0 aromatic heterocycles. The molecule has 0 unspecified atom stereocenters. The quantitative estimate of drug-likeness (QED) is 0.578. The van der Waals surface area contributed by atoms with Gasteiger partial charge < -0.3 is 5.73 Å². The first-order valence-corrected chi connectivity index (χ1v) is 3.20. The minimum absolute atomic E-state index is 0.267. The molecule has 2 N–H and O–H groups in total. The van der Waals surface area contributed by atoms with Gasteiger partial charge in [0.05, 0.1) is 10.7 Å². The Kier molecular flexibility index (Phi) is 1.81. The Morgan fingerprint density at radius 2 is 2.10 bits per heavy atom. The Morgan fingerprint density at radius 3 is 2.60 bits per heavy atom. The minimum atomic E-state index is -0.320. The summed E-state index contributed by atoms with van der Waals surface area (Å²) < 4.78 is 12.6. The van der Waals surface area contributed by atoms with Crippen LogP contribution in [0, 0.1) is 12.7 Å². The van der Waals surface area contributed by atoms with Crippen LogP contribution in [-0.4, -0.2) is 0 Å². The van der Waals surface area contributed by atoms with Gasteiger partial charge in [-0.3, -0.25) is 0 Å². The molecule has 3 heteroatoms. The van der Waals surface area contributed by atoms with Crippen LogP contribution in [0.4, 0.5) is 10.1 Å². The molecule has 1 nitrogen and oxygen atoms in total. The van der Waals surface area contributed by atoms with Gasteiger partial charge in [0.2, 0.25) is 0 Å². The number of hydrogen-bond donors (Lipinski definition) is 1. The highest BCUT2D eigenvalue weighted by atomic mass is 35.5. The zero-order valence-corrected chi connectivity index (χ0v) is 6.24. The van der Waals surface area contributed by atoms with Crippen LogP contribution in [0.5, 0.6) is 0 Å². The summed E-state index contributed by atoms with van der Waals surface area (Å²) in [5, 5.41) is 0.267. The Balaban J connectivity index is 3.28. The molecule has 0 amide bonds. The molecule has 0 radical (unpaired) electrons. The monoisotopic (exact) mass is 159 g/mol. The maximum Gasteiger partial charge on any atom is 0.127 e. The fourth-order valence-corrected chi connectivity index (χ4v) is 0.830. The van der Waals surface area contributed by atoms with Gasteiger partial charge in [0, 0.05) is 0 Å². The molecule has 0 spiro atoms. The largest absolute Gasteiger partial charge is 0.398 e. The SMILES string of the molecule is Cc1cc(N)c(Cl)cc1F. The van der Waals surface area contributed by atoms with Gasteiger partial charge in [0.1, 0.15) is 5.82 Å². The Labute approximate surface area is 63.6 Å². The summed E-state index contributed by atoms with van der Waals surface area (Å²) in [6, 6.07) is 2.73. The van der Waals surface area contributed by atoms with Gasteiger partial charge in [-0.15, -0.1) is 0 Å². The highest BCUT2D eigenvalue weighted by Crippen LogP contribution is 2.21. The lowest BCUT2D eigenvalue weighted by molar-refractivity contribution is 0.619. The maximum absolute atomic E-state index is 12.6. The molecule has 0 fully saturated rings. The van der Waals surface area contributed by atoms with Gasteiger partial charge in [-0.1, -0.05) is 11.6 Å². The van der Waals surface area contributed by atoms with Crippen LogP contribution in [0.15, 0.2) is 12.1 Å². The van der Waals surface area contributed by atoms with Gasteiger partial charge in [-0.2, -0.15) is 0 Å². The summed E-state index contributed by atoms with van der Waals surface area (Å²) in [6.45, 7) is 1.64. The number of rotatable bonds is 0. The van der Waals surface area contributed by atoms with Crippen molar-refractivity contribution in [3.05, 3.63) is 28.5 Å². The van der Waals surface area contributed by atoms with Crippen molar-refractivity contribution < 1.29 is 4.39 Å². The van der Waals surface area contributed by atoms with E-state index in [1.54, 1.807) is 6.92 Å². The number of aryl methyl sites for hydroxylation is 1. The third-order valence-corrected chi connectivity index (χ3v) is 1.61. The van der Waals surface area contributed by atoms with Gasteiger partial charge in [0.15, 0.2) is 0 Å². The van der Waals surface area contributed by atoms with Crippen LogP contribution < -0.4 is 5.73 Å². The molecule has 0 aliphatic carbocycles. The van der Waals surface area contributed by atoms with E-state index < -0.39 is 0 Å². The molecule has 0 saturated heterocycles. The second-order valence-corrected chi connectivity index (χ2v) is 2.53. The lowest BCUT2D eigenvalue weighted by Crippen LogP contribution is -1.89. The van der Waals surface area contributed by atoms with Crippen LogP contribution in [0.3, 0.4) is 0 Å². The van der Waals surface area contributed by atoms with Crippen molar-refractivity contribution in [2.24, 2.45) is 0 Å². The molecule has 0 heterocycles. The van der Waals surface area contributed by atoms with Crippen LogP contribution in [-0.2, 0) is 0 Å². The molecular weight excluding hydrogens is 153 g/mol. The number of nitrogens with two attached hydrogens (primary N) is 1. The number of nitrogen functional groups attached to an aromatic ring is 1. The van der Waals surface area contributed by atoms with E-state index >= 15 is 0 Å². The van der Waals surface area contributed by atoms with Crippen molar-refractivity contribution in [3.63, 3.8) is 0 Å². The second-order valence-electron chi connectivity index (χ2n) is 2.12. The van der Waals surface area contributed by atoms with E-state index in [1.165, 1.54) is 12.1 Å². The molecule has 0 bridgehead atoms. The lowest BCUT2D eigenvalue weighted by atomic mass is 10.2. The number of benzene rings is 1. The summed E-state index contributed by atoms with van der Waals surface area (Å²) in [6.07, 6.45) is 0. The van der Waals surface area contributed by atoms with Gasteiger partial charge in [0.25, 0.3) is 0 Å². The minimum Gasteiger partial charge on any atom is -0.398 e. The van der Waals surface area contributed by atoms with Crippen molar-refractivity contribution >= 4 is 17.3 Å². The summed E-state index contributed by atoms with van der Waals surface area (Å²) in [4.78, 5) is 0. The maximum atomic E-state index is 12.6. The number of anilines is 1. The van der Waals surface area contributed by atoms with E-state index in [9.17, 15) is 4.39 Å². The summed E-state index contributed by atoms with van der Waals surface area (Å²) in [7, 11) is 0. The molecule has 0 atom stereocenters. The third-order valence-electron chi connectivity index (χ3n) is 1.28. The van der Waals surface area contributed by atoms with E-state index in [2.05, 4.69) is 0 Å². The van der Waals surface area contributed by atoms with Crippen molar-refractivity contribution in [2.45, 2.75) is 6.92 Å². The topological polar surface area (TPSA) is 26.0 Å². The third kappa shape index (κ3) is 1.21. The van der Waals surface area contributed by atoms with Crippen molar-refractivity contribution in [1.82, 2.24) is 0 Å². The smallest absolute Gasteiger partial charge is 0.127 e. The number of hydrogen-bond acceptors (Lipinski definition) is 1. The molecule has 1 rings (SSSR count). The van der Waals surface area contributed by atoms with Gasteiger partial charge >= 0.3 is 0 Å². The van der Waals surface area contributed by atoms with E-state index in [0.717, 1.165) is 0 Å². The van der Waals surface area contributed by atoms with Crippen LogP contribution in [0.25, 0.3) is 0 Å². The van der Waals surface area contributed by atoms with Crippen LogP contribution in [0.2, 0.25) is 5.02 Å². The molecule has 54 valence electrons. The Morgan fingerprint density at radius 1 is 1.50 bits per heavy atom. The van der Waals surface area contributed by atoms with Crippen molar-refractivity contribution in [3.8, 4) is 0 Å². The van der Waals surface area contributed by atoms with Crippen LogP contribution >= 0.6 is 11.6 Å². The normalized spacial score (nSPS) is 9.90. The van der Waals surface area contributed by atoms with E-state index in [0.29, 0.717) is 11.3 Å². The highest BCUT2D eigenvalue weighted by Gasteiger charge is 2.00. The standard InChI is InChI=1S/C7H7ClFN/c1-4-2-7(10)5(8)3-6(4)9/h2-3H,10H2,1H3. The fourth-order valence-electron chi connectivity index (χ4n) is 0.680. The van der Waals surface area contributed by atoms with Crippen molar-refractivity contribution in [2.75, 3.05) is 5.73 Å². The average Bonchev–Trinajstić information content (AvgIpc) is 1.84. The zero-order valence-electron chi connectivity index (χ0n) is 5.49. The molecule has 1 aromatic rings. The average molecular weight is 160 g/mol. The first-order valence-electron chi connectivity index (χ1n) is 2.82. The summed E-state index contributed by atoms with van der Waals surface area (Å²) in [5.41, 5.74) is 6.32. The Bertz CT molecular complexity index is 210. The van der Waals surface area contributed by atoms with Gasteiger partial charge in [-0.05, 0) is 24.6 Å². The summed E-state index contributed by atoms with van der Waals surface area (Å²) >= 11 is 5.52. The van der Waals surface area contributed by atoms with E-state index in [4.69, 9.17) is 17.3 Å². The highest BCUT2D eigenvalue weighted by molar-refractivity contribution is 6.33. The predicted octanol–water partition coefficient (Wildman–Crippen LogP) is 2.37. The van der Waals surface area contributed by atoms with Crippen LogP contribution in [0.1, 0.15) is 5.56 Å². The molecule has 10 heavy (non-hydrogen) atoms. The molecule has 0 aliphatic heterocycles. The first-order chi connectivity index (χ1) is 4.61. The second kappa shape index (κ2) is 2.46. The molecule has 0 saturated carbocycles. The van der Waals surface area contributed by atoms with E-state index in [1.807, 2.05) is 0 Å². The number of halogens is 2. The van der Waals surface area contributed by atoms with E-state index in [-0.39, 0.29) is 10.8 Å². The predicted molar refractivity (Wildman–Crippen MR) is 40.6 cm³/mol. The Hall–Kier alpha value is -0.760. The fraction of sp³-hybridized carbons (Fsp3) is 0.143. The first kappa shape index (κ1) is 7.35. The summed E-state index contributed by atoms with van der Waals surface area (Å²) in [5.74, 6) is -0.320. The zero-order chi connectivity index (χ0) is 7.72. The van der Waals surface area contributed by atoms with Gasteiger partial charge in [-0.25, -0.2) is 4.39 Å². The molecule has 0 aliphatic rings.